The van der Waals surface area contributed by atoms with Gasteiger partial charge < -0.3 is 10.5 Å². The van der Waals surface area contributed by atoms with E-state index in [0.29, 0.717) is 28.7 Å². The van der Waals surface area contributed by atoms with Crippen molar-refractivity contribution in [1.29, 1.82) is 0 Å². The molecule has 5 heteroatoms. The van der Waals surface area contributed by atoms with Crippen LogP contribution in [0.25, 0.3) is 0 Å². The average Bonchev–Trinajstić information content (AvgIpc) is 2.34. The second kappa shape index (κ2) is 7.48. The summed E-state index contributed by atoms with van der Waals surface area (Å²) in [5.74, 6) is 1.53. The third-order valence-electron chi connectivity index (χ3n) is 2.78. The maximum Gasteiger partial charge on any atom is 0.233 e. The van der Waals surface area contributed by atoms with Gasteiger partial charge in [-0.15, -0.1) is 0 Å². The fraction of sp³-hybridized carbons (Fsp3) is 0.667. The van der Waals surface area contributed by atoms with E-state index >= 15 is 0 Å². The molecule has 96 valence electrons. The summed E-state index contributed by atoms with van der Waals surface area (Å²) < 4.78 is 6.33. The van der Waals surface area contributed by atoms with Crippen molar-refractivity contribution in [3.8, 4) is 5.88 Å². The highest BCUT2D eigenvalue weighted by Gasteiger charge is 2.11. The lowest BCUT2D eigenvalue weighted by Crippen LogP contribution is -2.12. The van der Waals surface area contributed by atoms with Crippen LogP contribution in [0, 0.1) is 5.92 Å². The number of unbranched alkanes of at least 4 members (excludes halogenated alkanes) is 1. The highest BCUT2D eigenvalue weighted by atomic mass is 79.9. The first-order valence-corrected chi connectivity index (χ1v) is 6.87. The van der Waals surface area contributed by atoms with E-state index in [1.807, 2.05) is 0 Å². The molecule has 0 aliphatic rings. The van der Waals surface area contributed by atoms with Gasteiger partial charge in [0.25, 0.3) is 0 Å². The van der Waals surface area contributed by atoms with Gasteiger partial charge in [-0.25, -0.2) is 9.97 Å². The van der Waals surface area contributed by atoms with Crippen molar-refractivity contribution in [2.24, 2.45) is 5.92 Å². The number of hydrogen-bond acceptors (Lipinski definition) is 4. The SMILES string of the molecule is CCCCC(CC)COc1ncnc(N)c1Br. The van der Waals surface area contributed by atoms with Gasteiger partial charge in [-0.1, -0.05) is 33.1 Å². The quantitative estimate of drug-likeness (QED) is 0.838. The molecular formula is C12H20BrN3O. The summed E-state index contributed by atoms with van der Waals surface area (Å²) in [5.41, 5.74) is 5.66. The highest BCUT2D eigenvalue weighted by Crippen LogP contribution is 2.27. The second-order valence-corrected chi connectivity index (χ2v) is 4.90. The summed E-state index contributed by atoms with van der Waals surface area (Å²) in [4.78, 5) is 7.94. The lowest BCUT2D eigenvalue weighted by molar-refractivity contribution is 0.224. The Hall–Kier alpha value is -0.840. The number of ether oxygens (including phenoxy) is 1. The van der Waals surface area contributed by atoms with E-state index in [1.54, 1.807) is 0 Å². The lowest BCUT2D eigenvalue weighted by atomic mass is 10.0. The van der Waals surface area contributed by atoms with Crippen LogP contribution in [0.2, 0.25) is 0 Å². The van der Waals surface area contributed by atoms with Gasteiger partial charge in [0, 0.05) is 0 Å². The smallest absolute Gasteiger partial charge is 0.233 e. The van der Waals surface area contributed by atoms with Crippen LogP contribution >= 0.6 is 15.9 Å². The Kier molecular flexibility index (Phi) is 6.26. The minimum Gasteiger partial charge on any atom is -0.476 e. The van der Waals surface area contributed by atoms with E-state index in [-0.39, 0.29) is 0 Å². The number of aromatic nitrogens is 2. The Morgan fingerprint density at radius 3 is 2.82 bits per heavy atom. The topological polar surface area (TPSA) is 61.0 Å². The summed E-state index contributed by atoms with van der Waals surface area (Å²) in [6.45, 7) is 5.08. The van der Waals surface area contributed by atoms with Gasteiger partial charge >= 0.3 is 0 Å². The minimum atomic E-state index is 0.414. The summed E-state index contributed by atoms with van der Waals surface area (Å²) in [7, 11) is 0. The van der Waals surface area contributed by atoms with E-state index in [2.05, 4.69) is 39.7 Å². The Morgan fingerprint density at radius 1 is 1.41 bits per heavy atom. The molecule has 0 bridgehead atoms. The summed E-state index contributed by atoms with van der Waals surface area (Å²) in [6.07, 6.45) is 6.21. The molecule has 2 N–H and O–H groups in total. The number of halogens is 1. The standard InChI is InChI=1S/C12H20BrN3O/c1-3-5-6-9(4-2)7-17-12-10(13)11(14)15-8-16-12/h8-9H,3-7H2,1-2H3,(H2,14,15,16). The van der Waals surface area contributed by atoms with E-state index in [9.17, 15) is 0 Å². The maximum absolute atomic E-state index is 5.69. The van der Waals surface area contributed by atoms with E-state index in [0.717, 1.165) is 6.42 Å². The molecule has 1 unspecified atom stereocenters. The molecule has 4 nitrogen and oxygen atoms in total. The van der Waals surface area contributed by atoms with Crippen LogP contribution in [0.15, 0.2) is 10.8 Å². The fourth-order valence-corrected chi connectivity index (χ4v) is 1.88. The third kappa shape index (κ3) is 4.50. The minimum absolute atomic E-state index is 0.414. The molecular weight excluding hydrogens is 282 g/mol. The van der Waals surface area contributed by atoms with Gasteiger partial charge in [0.1, 0.15) is 16.6 Å². The molecule has 0 saturated heterocycles. The molecule has 0 aliphatic heterocycles. The molecule has 17 heavy (non-hydrogen) atoms. The lowest BCUT2D eigenvalue weighted by Gasteiger charge is -2.15. The van der Waals surface area contributed by atoms with Gasteiger partial charge in [0.15, 0.2) is 0 Å². The van der Waals surface area contributed by atoms with Crippen molar-refractivity contribution in [2.75, 3.05) is 12.3 Å². The van der Waals surface area contributed by atoms with Crippen LogP contribution in [0.5, 0.6) is 5.88 Å². The number of nitrogens with zero attached hydrogens (tertiary/aromatic N) is 2. The molecule has 1 rings (SSSR count). The first kappa shape index (κ1) is 14.2. The maximum atomic E-state index is 5.69. The first-order chi connectivity index (χ1) is 8.19. The van der Waals surface area contributed by atoms with Crippen molar-refractivity contribution >= 4 is 21.7 Å². The Balaban J connectivity index is 2.50. The molecule has 0 aromatic carbocycles. The predicted octanol–water partition coefficient (Wildman–Crippen LogP) is 3.42. The van der Waals surface area contributed by atoms with Gasteiger partial charge in [-0.3, -0.25) is 0 Å². The number of nitrogen functional groups attached to an aromatic ring is 1. The molecule has 0 spiro atoms. The third-order valence-corrected chi connectivity index (χ3v) is 3.53. The highest BCUT2D eigenvalue weighted by molar-refractivity contribution is 9.10. The van der Waals surface area contributed by atoms with Crippen molar-refractivity contribution < 1.29 is 4.74 Å². The normalized spacial score (nSPS) is 12.4. The van der Waals surface area contributed by atoms with Crippen LogP contribution in [0.3, 0.4) is 0 Å². The van der Waals surface area contributed by atoms with Gasteiger partial charge in [0.2, 0.25) is 5.88 Å². The fourth-order valence-electron chi connectivity index (χ4n) is 1.56. The molecule has 1 aromatic heterocycles. The van der Waals surface area contributed by atoms with Crippen LogP contribution < -0.4 is 10.5 Å². The average molecular weight is 302 g/mol. The van der Waals surface area contributed by atoms with Gasteiger partial charge in [-0.05, 0) is 28.3 Å². The zero-order valence-corrected chi connectivity index (χ0v) is 12.0. The number of hydrogen-bond donors (Lipinski definition) is 1. The van der Waals surface area contributed by atoms with Gasteiger partial charge in [0.05, 0.1) is 6.61 Å². The first-order valence-electron chi connectivity index (χ1n) is 6.07. The molecule has 0 radical (unpaired) electrons. The predicted molar refractivity (Wildman–Crippen MR) is 72.9 cm³/mol. The molecule has 0 fully saturated rings. The van der Waals surface area contributed by atoms with E-state index in [4.69, 9.17) is 10.5 Å². The summed E-state index contributed by atoms with van der Waals surface area (Å²) >= 11 is 3.33. The monoisotopic (exact) mass is 301 g/mol. The van der Waals surface area contributed by atoms with E-state index < -0.39 is 0 Å². The van der Waals surface area contributed by atoms with Crippen molar-refractivity contribution in [1.82, 2.24) is 9.97 Å². The van der Waals surface area contributed by atoms with Crippen molar-refractivity contribution in [3.63, 3.8) is 0 Å². The van der Waals surface area contributed by atoms with Crippen molar-refractivity contribution in [2.45, 2.75) is 39.5 Å². The van der Waals surface area contributed by atoms with Crippen LogP contribution in [0.4, 0.5) is 5.82 Å². The van der Waals surface area contributed by atoms with Crippen LogP contribution in [0.1, 0.15) is 39.5 Å². The molecule has 0 aliphatic carbocycles. The second-order valence-electron chi connectivity index (χ2n) is 4.11. The van der Waals surface area contributed by atoms with Gasteiger partial charge in [-0.2, -0.15) is 0 Å². The molecule has 0 saturated carbocycles. The Morgan fingerprint density at radius 2 is 2.18 bits per heavy atom. The van der Waals surface area contributed by atoms with E-state index in [1.165, 1.54) is 25.6 Å². The van der Waals surface area contributed by atoms with Crippen LogP contribution in [-0.4, -0.2) is 16.6 Å². The summed E-state index contributed by atoms with van der Waals surface area (Å²) in [6, 6.07) is 0. The molecule has 1 heterocycles. The Labute approximate surface area is 111 Å². The van der Waals surface area contributed by atoms with Crippen LogP contribution in [-0.2, 0) is 0 Å². The number of anilines is 1. The zero-order valence-electron chi connectivity index (χ0n) is 10.4. The molecule has 0 amide bonds. The zero-order chi connectivity index (χ0) is 12.7. The number of rotatable bonds is 7. The summed E-state index contributed by atoms with van der Waals surface area (Å²) in [5, 5.41) is 0. The Bertz CT molecular complexity index is 347. The number of nitrogens with two attached hydrogens (primary N) is 1. The molecule has 1 aromatic rings. The molecule has 1 atom stereocenters. The van der Waals surface area contributed by atoms with Crippen molar-refractivity contribution in [3.05, 3.63) is 10.8 Å². The largest absolute Gasteiger partial charge is 0.476 e.